The predicted molar refractivity (Wildman–Crippen MR) is 74.4 cm³/mol. The van der Waals surface area contributed by atoms with Crippen molar-refractivity contribution in [1.82, 2.24) is 5.32 Å². The predicted octanol–water partition coefficient (Wildman–Crippen LogP) is 3.84. The highest BCUT2D eigenvalue weighted by Gasteiger charge is 2.41. The van der Waals surface area contributed by atoms with Gasteiger partial charge in [0.2, 0.25) is 0 Å². The van der Waals surface area contributed by atoms with Gasteiger partial charge < -0.3 is 5.32 Å². The third-order valence-corrected chi connectivity index (χ3v) is 5.27. The van der Waals surface area contributed by atoms with Crippen molar-refractivity contribution in [3.05, 3.63) is 35.1 Å². The molecule has 1 aromatic carbocycles. The van der Waals surface area contributed by atoms with E-state index in [1.54, 1.807) is 6.07 Å². The third-order valence-electron chi connectivity index (χ3n) is 5.27. The zero-order valence-corrected chi connectivity index (χ0v) is 11.4. The molecule has 2 fully saturated rings. The Balaban J connectivity index is 1.43. The molecule has 102 valence electrons. The second kappa shape index (κ2) is 4.59. The lowest BCUT2D eigenvalue weighted by atomic mass is 9.97. The highest BCUT2D eigenvalue weighted by molar-refractivity contribution is 5.35. The number of hydrogen-bond donors (Lipinski definition) is 1. The summed E-state index contributed by atoms with van der Waals surface area (Å²) in [5, 5.41) is 3.74. The van der Waals surface area contributed by atoms with Crippen LogP contribution in [0.1, 0.15) is 49.3 Å². The zero-order valence-electron chi connectivity index (χ0n) is 11.4. The van der Waals surface area contributed by atoms with E-state index in [1.807, 2.05) is 6.07 Å². The second-order valence-electron chi connectivity index (χ2n) is 6.65. The highest BCUT2D eigenvalue weighted by atomic mass is 19.1. The zero-order chi connectivity index (χ0) is 12.8. The Labute approximate surface area is 114 Å². The van der Waals surface area contributed by atoms with Crippen LogP contribution in [0.5, 0.6) is 0 Å². The van der Waals surface area contributed by atoms with E-state index in [2.05, 4.69) is 11.4 Å². The van der Waals surface area contributed by atoms with Gasteiger partial charge in [-0.1, -0.05) is 12.1 Å². The second-order valence-corrected chi connectivity index (χ2v) is 6.65. The van der Waals surface area contributed by atoms with Gasteiger partial charge in [-0.3, -0.25) is 0 Å². The van der Waals surface area contributed by atoms with Gasteiger partial charge in [-0.25, -0.2) is 4.39 Å². The van der Waals surface area contributed by atoms with Crippen LogP contribution >= 0.6 is 0 Å². The van der Waals surface area contributed by atoms with Crippen LogP contribution in [-0.2, 0) is 6.42 Å². The van der Waals surface area contributed by atoms with Gasteiger partial charge in [-0.2, -0.15) is 0 Å². The van der Waals surface area contributed by atoms with Gasteiger partial charge in [0.25, 0.3) is 0 Å². The Morgan fingerprint density at radius 2 is 1.84 bits per heavy atom. The molecule has 1 nitrogen and oxygen atoms in total. The molecule has 1 unspecified atom stereocenters. The van der Waals surface area contributed by atoms with Crippen LogP contribution in [0.2, 0.25) is 0 Å². The van der Waals surface area contributed by atoms with Crippen molar-refractivity contribution in [2.24, 2.45) is 17.8 Å². The molecule has 0 aromatic heterocycles. The number of halogens is 1. The van der Waals surface area contributed by atoms with E-state index >= 15 is 0 Å². The van der Waals surface area contributed by atoms with Crippen LogP contribution in [-0.4, -0.2) is 6.54 Å². The van der Waals surface area contributed by atoms with E-state index < -0.39 is 0 Å². The summed E-state index contributed by atoms with van der Waals surface area (Å²) in [6, 6.07) is 5.95. The summed E-state index contributed by atoms with van der Waals surface area (Å²) in [5.41, 5.74) is 2.17. The van der Waals surface area contributed by atoms with E-state index in [0.29, 0.717) is 6.04 Å². The molecule has 1 aromatic rings. The average Bonchev–Trinajstić information content (AvgIpc) is 3.30. The summed E-state index contributed by atoms with van der Waals surface area (Å²) in [4.78, 5) is 0. The van der Waals surface area contributed by atoms with Gasteiger partial charge in [0, 0.05) is 6.04 Å². The molecule has 0 radical (unpaired) electrons. The standard InChI is InChI=1S/C17H22FN/c18-16-3-1-2-14-13(16)8-9-17(14)19-10-15(11-4-5-11)12-6-7-12/h1-3,11-12,15,17,19H,4-10H2. The fourth-order valence-electron chi connectivity index (χ4n) is 3.87. The van der Waals surface area contributed by atoms with Crippen LogP contribution in [0.15, 0.2) is 18.2 Å². The Kier molecular flexibility index (Phi) is 2.87. The van der Waals surface area contributed by atoms with Crippen molar-refractivity contribution < 1.29 is 4.39 Å². The molecule has 3 aliphatic rings. The molecule has 1 atom stereocenters. The molecule has 0 bridgehead atoms. The lowest BCUT2D eigenvalue weighted by Crippen LogP contribution is -2.28. The Morgan fingerprint density at radius 3 is 2.53 bits per heavy atom. The van der Waals surface area contributed by atoms with Gasteiger partial charge in [0.1, 0.15) is 5.82 Å². The van der Waals surface area contributed by atoms with Gasteiger partial charge in [0.05, 0.1) is 0 Å². The summed E-state index contributed by atoms with van der Waals surface area (Å²) in [6.45, 7) is 1.15. The molecule has 0 spiro atoms. The normalized spacial score (nSPS) is 25.9. The number of nitrogens with one attached hydrogen (secondary N) is 1. The molecule has 0 heterocycles. The Bertz CT molecular complexity index is 464. The van der Waals surface area contributed by atoms with Crippen molar-refractivity contribution >= 4 is 0 Å². The summed E-state index contributed by atoms with van der Waals surface area (Å²) in [7, 11) is 0. The quantitative estimate of drug-likeness (QED) is 0.847. The first-order chi connectivity index (χ1) is 9.33. The maximum Gasteiger partial charge on any atom is 0.126 e. The van der Waals surface area contributed by atoms with Gasteiger partial charge in [0.15, 0.2) is 0 Å². The first-order valence-corrected chi connectivity index (χ1v) is 7.83. The minimum Gasteiger partial charge on any atom is -0.310 e. The maximum absolute atomic E-state index is 13.7. The summed E-state index contributed by atoms with van der Waals surface area (Å²) < 4.78 is 13.7. The minimum absolute atomic E-state index is 0.0114. The van der Waals surface area contributed by atoms with Crippen LogP contribution in [0, 0.1) is 23.6 Å². The Hall–Kier alpha value is -0.890. The van der Waals surface area contributed by atoms with E-state index in [9.17, 15) is 4.39 Å². The van der Waals surface area contributed by atoms with Crippen LogP contribution in [0.3, 0.4) is 0 Å². The van der Waals surface area contributed by atoms with Crippen molar-refractivity contribution in [3.63, 3.8) is 0 Å². The Morgan fingerprint density at radius 1 is 1.11 bits per heavy atom. The maximum atomic E-state index is 13.7. The van der Waals surface area contributed by atoms with Crippen molar-refractivity contribution in [3.8, 4) is 0 Å². The van der Waals surface area contributed by atoms with Crippen LogP contribution in [0.25, 0.3) is 0 Å². The molecule has 1 N–H and O–H groups in total. The lowest BCUT2D eigenvalue weighted by molar-refractivity contribution is 0.355. The molecular formula is C17H22FN. The van der Waals surface area contributed by atoms with Gasteiger partial charge >= 0.3 is 0 Å². The van der Waals surface area contributed by atoms with Crippen LogP contribution < -0.4 is 5.32 Å². The summed E-state index contributed by atoms with van der Waals surface area (Å²) >= 11 is 0. The lowest BCUT2D eigenvalue weighted by Gasteiger charge is -2.20. The number of fused-ring (bicyclic) bond motifs is 1. The number of rotatable bonds is 5. The molecule has 0 amide bonds. The van der Waals surface area contributed by atoms with E-state index in [1.165, 1.54) is 31.2 Å². The SMILES string of the molecule is Fc1cccc2c1CCC2NCC(C1CC1)C1CC1. The third kappa shape index (κ3) is 2.31. The molecular weight excluding hydrogens is 237 g/mol. The topological polar surface area (TPSA) is 12.0 Å². The molecule has 19 heavy (non-hydrogen) atoms. The molecule has 2 heteroatoms. The molecule has 2 saturated carbocycles. The molecule has 4 rings (SSSR count). The van der Waals surface area contributed by atoms with E-state index in [-0.39, 0.29) is 5.82 Å². The molecule has 0 aliphatic heterocycles. The smallest absolute Gasteiger partial charge is 0.126 e. The molecule has 0 saturated heterocycles. The largest absolute Gasteiger partial charge is 0.310 e. The molecule has 3 aliphatic carbocycles. The van der Waals surface area contributed by atoms with E-state index in [4.69, 9.17) is 0 Å². The van der Waals surface area contributed by atoms with Crippen LogP contribution in [0.4, 0.5) is 4.39 Å². The van der Waals surface area contributed by atoms with Crippen molar-refractivity contribution in [1.29, 1.82) is 0 Å². The minimum atomic E-state index is -0.0114. The number of hydrogen-bond acceptors (Lipinski definition) is 1. The average molecular weight is 259 g/mol. The summed E-state index contributed by atoms with van der Waals surface area (Å²) in [5.74, 6) is 2.88. The van der Waals surface area contributed by atoms with Crippen molar-refractivity contribution in [2.45, 2.75) is 44.6 Å². The fourth-order valence-corrected chi connectivity index (χ4v) is 3.87. The number of benzene rings is 1. The fraction of sp³-hybridized carbons (Fsp3) is 0.647. The van der Waals surface area contributed by atoms with Gasteiger partial charge in [-0.15, -0.1) is 0 Å². The van der Waals surface area contributed by atoms with E-state index in [0.717, 1.165) is 42.7 Å². The monoisotopic (exact) mass is 259 g/mol. The van der Waals surface area contributed by atoms with Crippen molar-refractivity contribution in [2.75, 3.05) is 6.54 Å². The van der Waals surface area contributed by atoms with Gasteiger partial charge in [-0.05, 0) is 80.0 Å². The highest BCUT2D eigenvalue weighted by Crippen LogP contribution is 2.49. The first-order valence-electron chi connectivity index (χ1n) is 7.83. The summed E-state index contributed by atoms with van der Waals surface area (Å²) in [6.07, 6.45) is 7.74. The first kappa shape index (κ1) is 11.9.